The second-order valence-corrected chi connectivity index (χ2v) is 9.52. The zero-order valence-electron chi connectivity index (χ0n) is 18.4. The van der Waals surface area contributed by atoms with E-state index < -0.39 is 0 Å². The van der Waals surface area contributed by atoms with Crippen LogP contribution in [0, 0.1) is 6.92 Å². The highest BCUT2D eigenvalue weighted by Gasteiger charge is 2.27. The fourth-order valence-corrected chi connectivity index (χ4v) is 5.78. The first kappa shape index (κ1) is 20.0. The van der Waals surface area contributed by atoms with Crippen molar-refractivity contribution in [2.45, 2.75) is 17.2 Å². The topological polar surface area (TPSA) is 15.3 Å². The number of rotatable bonds is 3. The van der Waals surface area contributed by atoms with Crippen LogP contribution in [-0.4, -0.2) is 5.37 Å². The van der Waals surface area contributed by atoms with Crippen LogP contribution in [0.25, 0.3) is 11.3 Å². The molecule has 0 bridgehead atoms. The third-order valence-corrected chi connectivity index (χ3v) is 7.28. The maximum Gasteiger partial charge on any atom is 0.0966 e. The number of fused-ring (bicyclic) bond motifs is 2. The van der Waals surface area contributed by atoms with Crippen LogP contribution >= 0.6 is 11.8 Å². The third-order valence-electron chi connectivity index (χ3n) is 6.18. The number of benzene rings is 4. The van der Waals surface area contributed by atoms with Crippen LogP contribution in [0.4, 0.5) is 17.1 Å². The van der Waals surface area contributed by atoms with E-state index in [1.807, 2.05) is 11.8 Å². The quantitative estimate of drug-likeness (QED) is 0.343. The van der Waals surface area contributed by atoms with Gasteiger partial charge in [0.1, 0.15) is 0 Å². The molecule has 2 heterocycles. The summed E-state index contributed by atoms with van der Waals surface area (Å²) in [5.41, 5.74) is 9.79. The van der Waals surface area contributed by atoms with E-state index in [9.17, 15) is 0 Å². The van der Waals surface area contributed by atoms with Crippen molar-refractivity contribution in [1.82, 2.24) is 0 Å². The van der Waals surface area contributed by atoms with Crippen LogP contribution < -0.4 is 10.2 Å². The maximum absolute atomic E-state index is 3.72. The SMILES string of the molecule is Cc1cccc2c1NC(C=C1C=C(c3ccccc3)N(c3ccccc3)c3ccccc31)S2. The Hall–Kier alpha value is -3.69. The summed E-state index contributed by atoms with van der Waals surface area (Å²) >= 11 is 1.88. The molecule has 0 aromatic heterocycles. The second-order valence-electron chi connectivity index (χ2n) is 8.34. The normalized spacial score (nSPS) is 17.8. The number of para-hydroxylation sites is 3. The van der Waals surface area contributed by atoms with Crippen molar-refractivity contribution < 1.29 is 0 Å². The summed E-state index contributed by atoms with van der Waals surface area (Å²) in [6, 6.07) is 36.5. The monoisotopic (exact) mass is 444 g/mol. The first-order valence-corrected chi connectivity index (χ1v) is 12.1. The highest BCUT2D eigenvalue weighted by molar-refractivity contribution is 8.00. The van der Waals surface area contributed by atoms with E-state index in [2.05, 4.69) is 132 Å². The lowest BCUT2D eigenvalue weighted by atomic mass is 9.93. The lowest BCUT2D eigenvalue weighted by molar-refractivity contribution is 1.23. The summed E-state index contributed by atoms with van der Waals surface area (Å²) in [4.78, 5) is 3.69. The van der Waals surface area contributed by atoms with Gasteiger partial charge in [-0.2, -0.15) is 0 Å². The summed E-state index contributed by atoms with van der Waals surface area (Å²) in [6.45, 7) is 2.17. The van der Waals surface area contributed by atoms with Gasteiger partial charge in [-0.25, -0.2) is 0 Å². The number of thioether (sulfide) groups is 1. The van der Waals surface area contributed by atoms with Gasteiger partial charge in [0.2, 0.25) is 0 Å². The Bertz CT molecular complexity index is 1370. The first-order valence-electron chi connectivity index (χ1n) is 11.2. The van der Waals surface area contributed by atoms with E-state index in [-0.39, 0.29) is 5.37 Å². The van der Waals surface area contributed by atoms with Crippen LogP contribution in [0.5, 0.6) is 0 Å². The Morgan fingerprint density at radius 2 is 1.52 bits per heavy atom. The van der Waals surface area contributed by atoms with E-state index >= 15 is 0 Å². The molecule has 0 saturated heterocycles. The summed E-state index contributed by atoms with van der Waals surface area (Å²) in [6.07, 6.45) is 4.71. The predicted molar refractivity (Wildman–Crippen MR) is 142 cm³/mol. The molecule has 0 saturated carbocycles. The number of nitrogens with one attached hydrogen (secondary N) is 1. The van der Waals surface area contributed by atoms with Gasteiger partial charge >= 0.3 is 0 Å². The van der Waals surface area contributed by atoms with E-state index in [1.165, 1.54) is 44.2 Å². The smallest absolute Gasteiger partial charge is 0.0966 e. The number of allylic oxidation sites excluding steroid dienone is 2. The molecule has 2 aliphatic heterocycles. The van der Waals surface area contributed by atoms with Gasteiger partial charge in [-0.3, -0.25) is 0 Å². The first-order chi connectivity index (χ1) is 16.3. The van der Waals surface area contributed by atoms with Gasteiger partial charge in [0.05, 0.1) is 22.4 Å². The molecule has 1 unspecified atom stereocenters. The number of hydrogen-bond acceptors (Lipinski definition) is 3. The molecule has 1 atom stereocenters. The van der Waals surface area contributed by atoms with Gasteiger partial charge in [-0.1, -0.05) is 90.6 Å². The minimum Gasteiger partial charge on any atom is -0.369 e. The third kappa shape index (κ3) is 3.65. The molecular weight excluding hydrogens is 420 g/mol. The number of hydrogen-bond donors (Lipinski definition) is 1. The molecule has 3 heteroatoms. The molecule has 0 aliphatic carbocycles. The average Bonchev–Trinajstić information content (AvgIpc) is 3.29. The predicted octanol–water partition coefficient (Wildman–Crippen LogP) is 8.12. The van der Waals surface area contributed by atoms with Gasteiger partial charge in [-0.05, 0) is 60.0 Å². The van der Waals surface area contributed by atoms with Crippen LogP contribution in [0.3, 0.4) is 0 Å². The van der Waals surface area contributed by atoms with Crippen LogP contribution in [0.15, 0.2) is 120 Å². The van der Waals surface area contributed by atoms with Gasteiger partial charge in [0, 0.05) is 16.1 Å². The molecule has 33 heavy (non-hydrogen) atoms. The largest absolute Gasteiger partial charge is 0.369 e. The lowest BCUT2D eigenvalue weighted by Crippen LogP contribution is -2.20. The molecule has 0 fully saturated rings. The van der Waals surface area contributed by atoms with Gasteiger partial charge in [0.25, 0.3) is 0 Å². The van der Waals surface area contributed by atoms with Crippen molar-refractivity contribution in [2.24, 2.45) is 0 Å². The molecule has 6 rings (SSSR count). The van der Waals surface area contributed by atoms with Crippen molar-refractivity contribution >= 4 is 40.1 Å². The van der Waals surface area contributed by atoms with Crippen LogP contribution in [0.2, 0.25) is 0 Å². The molecule has 2 nitrogen and oxygen atoms in total. The van der Waals surface area contributed by atoms with Crippen molar-refractivity contribution in [3.05, 3.63) is 132 Å². The van der Waals surface area contributed by atoms with Gasteiger partial charge in [-0.15, -0.1) is 0 Å². The molecule has 4 aromatic rings. The van der Waals surface area contributed by atoms with Gasteiger partial charge < -0.3 is 10.2 Å². The fraction of sp³-hybridized carbons (Fsp3) is 0.0667. The standard InChI is InChI=1S/C30H24N2S/c1-21-11-10-18-28-30(21)31-29(33-28)20-23-19-27(22-12-4-2-5-13-22)32(24-14-6-3-7-15-24)26-17-9-8-16-25(23)26/h2-20,29,31H,1H3. The molecule has 2 aliphatic rings. The summed E-state index contributed by atoms with van der Waals surface area (Å²) < 4.78 is 0. The Morgan fingerprint density at radius 3 is 2.30 bits per heavy atom. The van der Waals surface area contributed by atoms with E-state index in [1.54, 1.807) is 0 Å². The fourth-order valence-electron chi connectivity index (χ4n) is 4.62. The van der Waals surface area contributed by atoms with E-state index in [4.69, 9.17) is 0 Å². The Labute approximate surface area is 199 Å². The van der Waals surface area contributed by atoms with Crippen LogP contribution in [0.1, 0.15) is 16.7 Å². The Kier molecular flexibility index (Phi) is 5.04. The molecule has 0 spiro atoms. The Morgan fingerprint density at radius 1 is 0.788 bits per heavy atom. The number of nitrogens with zero attached hydrogens (tertiary/aromatic N) is 1. The van der Waals surface area contributed by atoms with E-state index in [0.29, 0.717) is 0 Å². The van der Waals surface area contributed by atoms with Crippen molar-refractivity contribution in [3.63, 3.8) is 0 Å². The van der Waals surface area contributed by atoms with Crippen LogP contribution in [-0.2, 0) is 0 Å². The average molecular weight is 445 g/mol. The number of aryl methyl sites for hydroxylation is 1. The van der Waals surface area contributed by atoms with Crippen molar-refractivity contribution in [2.75, 3.05) is 10.2 Å². The Balaban J connectivity index is 1.50. The molecule has 0 amide bonds. The molecule has 4 aromatic carbocycles. The number of anilines is 3. The second kappa shape index (κ2) is 8.34. The molecule has 0 radical (unpaired) electrons. The summed E-state index contributed by atoms with van der Waals surface area (Å²) in [7, 11) is 0. The molecular formula is C30H24N2S. The van der Waals surface area contributed by atoms with Gasteiger partial charge in [0.15, 0.2) is 0 Å². The highest BCUT2D eigenvalue weighted by Crippen LogP contribution is 2.46. The molecule has 160 valence electrons. The summed E-state index contributed by atoms with van der Waals surface area (Å²) in [5, 5.41) is 3.92. The lowest BCUT2D eigenvalue weighted by Gasteiger charge is -2.34. The zero-order valence-corrected chi connectivity index (χ0v) is 19.2. The minimum atomic E-state index is 0.195. The minimum absolute atomic E-state index is 0.195. The summed E-state index contributed by atoms with van der Waals surface area (Å²) in [5.74, 6) is 0. The zero-order chi connectivity index (χ0) is 22.2. The van der Waals surface area contributed by atoms with Crippen molar-refractivity contribution in [1.29, 1.82) is 0 Å². The van der Waals surface area contributed by atoms with Crippen molar-refractivity contribution in [3.8, 4) is 0 Å². The van der Waals surface area contributed by atoms with E-state index in [0.717, 1.165) is 5.69 Å². The highest BCUT2D eigenvalue weighted by atomic mass is 32.2. The molecule has 1 N–H and O–H groups in total. The maximum atomic E-state index is 3.72.